The van der Waals surface area contributed by atoms with Crippen LogP contribution in [-0.4, -0.2) is 63.4 Å². The van der Waals surface area contributed by atoms with Crippen LogP contribution in [0.4, 0.5) is 4.79 Å². The van der Waals surface area contributed by atoms with Gasteiger partial charge in [-0.05, 0) is 49.1 Å². The molecule has 1 aromatic carbocycles. The van der Waals surface area contributed by atoms with Gasteiger partial charge in [-0.15, -0.1) is 0 Å². The van der Waals surface area contributed by atoms with E-state index in [1.807, 2.05) is 25.1 Å². The Morgan fingerprint density at radius 3 is 2.68 bits per heavy atom. The summed E-state index contributed by atoms with van der Waals surface area (Å²) in [5.74, 6) is 0.933. The fraction of sp³-hybridized carbons (Fsp3) is 0.458. The predicted octanol–water partition coefficient (Wildman–Crippen LogP) is 2.84. The van der Waals surface area contributed by atoms with Crippen LogP contribution in [0.1, 0.15) is 36.6 Å². The van der Waals surface area contributed by atoms with Gasteiger partial charge in [0.15, 0.2) is 0 Å². The molecule has 0 unspecified atom stereocenters. The van der Waals surface area contributed by atoms with Gasteiger partial charge in [0.1, 0.15) is 11.3 Å². The van der Waals surface area contributed by atoms with Crippen LogP contribution < -0.4 is 4.74 Å². The van der Waals surface area contributed by atoms with Crippen LogP contribution >= 0.6 is 0 Å². The number of piperidine rings is 1. The van der Waals surface area contributed by atoms with Crippen LogP contribution in [0.2, 0.25) is 0 Å². The Labute approximate surface area is 182 Å². The molecule has 0 N–H and O–H groups in total. The zero-order valence-electron chi connectivity index (χ0n) is 17.9. The number of carbonyl (C=O) groups is 2. The lowest BCUT2D eigenvalue weighted by Crippen LogP contribution is -2.56. The molecule has 7 nitrogen and oxygen atoms in total. The number of urea groups is 1. The van der Waals surface area contributed by atoms with Gasteiger partial charge in [0.25, 0.3) is 5.91 Å². The average molecular weight is 421 g/mol. The third-order valence-electron chi connectivity index (χ3n) is 6.83. The van der Waals surface area contributed by atoms with Gasteiger partial charge in [0.2, 0.25) is 0 Å². The smallest absolute Gasteiger partial charge is 0.328 e. The molecule has 0 aliphatic carbocycles. The van der Waals surface area contributed by atoms with Crippen molar-refractivity contribution in [2.75, 3.05) is 26.2 Å². The van der Waals surface area contributed by atoms with Gasteiger partial charge in [0, 0.05) is 38.8 Å². The first-order valence-corrected chi connectivity index (χ1v) is 11.1. The Kier molecular flexibility index (Phi) is 5.14. The van der Waals surface area contributed by atoms with E-state index in [2.05, 4.69) is 28.1 Å². The number of hydrogen-bond donors (Lipinski definition) is 0. The molecule has 3 aliphatic heterocycles. The SMILES string of the molecule is CCN1C(=O)N(Cc2ccccn2)C(=O)C12CCN(Cc1ccc3c(c1)CCO3)CC2. The molecular formula is C24H28N4O3. The first-order chi connectivity index (χ1) is 15.1. The van der Waals surface area contributed by atoms with Gasteiger partial charge in [-0.1, -0.05) is 18.2 Å². The summed E-state index contributed by atoms with van der Waals surface area (Å²) in [4.78, 5) is 36.4. The number of likely N-dealkylation sites (tertiary alicyclic amines) is 1. The molecule has 162 valence electrons. The van der Waals surface area contributed by atoms with Crippen molar-refractivity contribution in [1.82, 2.24) is 19.7 Å². The lowest BCUT2D eigenvalue weighted by atomic mass is 9.85. The molecule has 31 heavy (non-hydrogen) atoms. The maximum absolute atomic E-state index is 13.5. The van der Waals surface area contributed by atoms with Crippen molar-refractivity contribution in [3.63, 3.8) is 0 Å². The van der Waals surface area contributed by atoms with Crippen LogP contribution in [0.5, 0.6) is 5.75 Å². The highest BCUT2D eigenvalue weighted by Crippen LogP contribution is 2.38. The number of rotatable bonds is 5. The predicted molar refractivity (Wildman–Crippen MR) is 115 cm³/mol. The molecule has 0 saturated carbocycles. The van der Waals surface area contributed by atoms with Crippen molar-refractivity contribution in [1.29, 1.82) is 0 Å². The van der Waals surface area contributed by atoms with Gasteiger partial charge in [-0.25, -0.2) is 4.79 Å². The molecule has 2 saturated heterocycles. The molecule has 1 spiro atoms. The first kappa shape index (κ1) is 20.0. The second kappa shape index (κ2) is 7.96. The van der Waals surface area contributed by atoms with E-state index >= 15 is 0 Å². The van der Waals surface area contributed by atoms with Gasteiger partial charge < -0.3 is 9.64 Å². The molecular weight excluding hydrogens is 392 g/mol. The Hall–Kier alpha value is -2.93. The van der Waals surface area contributed by atoms with E-state index in [4.69, 9.17) is 4.74 Å². The fourth-order valence-corrected chi connectivity index (χ4v) is 5.17. The molecule has 4 heterocycles. The quantitative estimate of drug-likeness (QED) is 0.696. The van der Waals surface area contributed by atoms with E-state index in [1.165, 1.54) is 16.0 Å². The minimum absolute atomic E-state index is 0.0701. The van der Waals surface area contributed by atoms with Crippen molar-refractivity contribution in [3.05, 3.63) is 59.4 Å². The van der Waals surface area contributed by atoms with Gasteiger partial charge >= 0.3 is 6.03 Å². The minimum atomic E-state index is -0.719. The van der Waals surface area contributed by atoms with Crippen molar-refractivity contribution in [3.8, 4) is 5.75 Å². The molecule has 7 heteroatoms. The van der Waals surface area contributed by atoms with Crippen LogP contribution in [0.25, 0.3) is 0 Å². The van der Waals surface area contributed by atoms with Crippen LogP contribution in [0, 0.1) is 0 Å². The number of ether oxygens (including phenoxy) is 1. The molecule has 1 aromatic heterocycles. The molecule has 0 radical (unpaired) electrons. The molecule has 3 aliphatic rings. The highest BCUT2D eigenvalue weighted by Gasteiger charge is 2.57. The number of nitrogens with zero attached hydrogens (tertiary/aromatic N) is 4. The summed E-state index contributed by atoms with van der Waals surface area (Å²) in [6, 6.07) is 11.8. The lowest BCUT2D eigenvalue weighted by Gasteiger charge is -2.42. The summed E-state index contributed by atoms with van der Waals surface area (Å²) in [6.45, 7) is 5.93. The number of pyridine rings is 1. The summed E-state index contributed by atoms with van der Waals surface area (Å²) in [5.41, 5.74) is 2.57. The monoisotopic (exact) mass is 420 g/mol. The summed E-state index contributed by atoms with van der Waals surface area (Å²) >= 11 is 0. The van der Waals surface area contributed by atoms with Crippen molar-refractivity contribution >= 4 is 11.9 Å². The minimum Gasteiger partial charge on any atom is -0.493 e. The third kappa shape index (κ3) is 3.47. The number of hydrogen-bond acceptors (Lipinski definition) is 5. The number of fused-ring (bicyclic) bond motifs is 1. The zero-order valence-corrected chi connectivity index (χ0v) is 17.9. The summed E-state index contributed by atoms with van der Waals surface area (Å²) in [5, 5.41) is 0. The van der Waals surface area contributed by atoms with Gasteiger partial charge in [-0.2, -0.15) is 0 Å². The van der Waals surface area contributed by atoms with Crippen LogP contribution in [-0.2, 0) is 24.3 Å². The zero-order chi connectivity index (χ0) is 21.4. The third-order valence-corrected chi connectivity index (χ3v) is 6.83. The number of imide groups is 1. The van der Waals surface area contributed by atoms with Crippen LogP contribution in [0.15, 0.2) is 42.6 Å². The Morgan fingerprint density at radius 2 is 1.94 bits per heavy atom. The van der Waals surface area contributed by atoms with E-state index in [-0.39, 0.29) is 18.5 Å². The van der Waals surface area contributed by atoms with Crippen molar-refractivity contribution in [2.24, 2.45) is 0 Å². The van der Waals surface area contributed by atoms with E-state index in [1.54, 1.807) is 11.1 Å². The summed E-state index contributed by atoms with van der Waals surface area (Å²) < 4.78 is 5.61. The number of carbonyl (C=O) groups excluding carboxylic acids is 2. The summed E-state index contributed by atoms with van der Waals surface area (Å²) in [7, 11) is 0. The fourth-order valence-electron chi connectivity index (χ4n) is 5.17. The van der Waals surface area contributed by atoms with E-state index in [9.17, 15) is 9.59 Å². The van der Waals surface area contributed by atoms with Gasteiger partial charge in [0.05, 0.1) is 18.8 Å². The molecule has 2 aromatic rings. The number of aromatic nitrogens is 1. The molecule has 2 fully saturated rings. The number of amides is 3. The largest absolute Gasteiger partial charge is 0.493 e. The summed E-state index contributed by atoms with van der Waals surface area (Å²) in [6.07, 6.45) is 3.99. The topological polar surface area (TPSA) is 66.0 Å². The maximum atomic E-state index is 13.5. The average Bonchev–Trinajstić information content (AvgIpc) is 3.33. The Bertz CT molecular complexity index is 986. The molecule has 0 atom stereocenters. The molecule has 5 rings (SSSR count). The number of likely N-dealkylation sites (N-methyl/N-ethyl adjacent to an activating group) is 1. The Balaban J connectivity index is 1.28. The van der Waals surface area contributed by atoms with E-state index in [0.29, 0.717) is 19.4 Å². The van der Waals surface area contributed by atoms with Gasteiger partial charge in [-0.3, -0.25) is 19.6 Å². The highest BCUT2D eigenvalue weighted by molar-refractivity contribution is 6.07. The van der Waals surface area contributed by atoms with E-state index in [0.717, 1.165) is 44.1 Å². The maximum Gasteiger partial charge on any atom is 0.328 e. The van der Waals surface area contributed by atoms with E-state index < -0.39 is 5.54 Å². The first-order valence-electron chi connectivity index (χ1n) is 11.1. The normalized spacial score (nSPS) is 20.4. The Morgan fingerprint density at radius 1 is 1.10 bits per heavy atom. The van der Waals surface area contributed by atoms with Crippen molar-refractivity contribution < 1.29 is 14.3 Å². The second-order valence-electron chi connectivity index (χ2n) is 8.59. The van der Waals surface area contributed by atoms with Crippen molar-refractivity contribution in [2.45, 2.75) is 44.8 Å². The number of benzene rings is 1. The molecule has 3 amide bonds. The highest BCUT2D eigenvalue weighted by atomic mass is 16.5. The second-order valence-corrected chi connectivity index (χ2v) is 8.59. The molecule has 0 bridgehead atoms. The van der Waals surface area contributed by atoms with Crippen LogP contribution in [0.3, 0.4) is 0 Å². The standard InChI is InChI=1S/C24H28N4O3/c1-2-28-23(30)27(17-20-5-3-4-11-25-20)22(29)24(28)9-12-26(13-10-24)16-18-6-7-21-19(15-18)8-14-31-21/h3-7,11,15H,2,8-10,12-14,16-17H2,1H3. The lowest BCUT2D eigenvalue weighted by molar-refractivity contribution is -0.136.